The van der Waals surface area contributed by atoms with E-state index in [1.807, 2.05) is 0 Å². The number of hydrogen-bond acceptors (Lipinski definition) is 6. The van der Waals surface area contributed by atoms with Crippen LogP contribution in [0.25, 0.3) is 0 Å². The monoisotopic (exact) mass is 574 g/mol. The third-order valence-corrected chi connectivity index (χ3v) is 12.9. The van der Waals surface area contributed by atoms with Gasteiger partial charge >= 0.3 is 0 Å². The molecule has 0 bridgehead atoms. The fraction of sp³-hybridized carbons (Fsp3) is 0.886. The molecule has 6 heteroatoms. The Morgan fingerprint density at radius 3 is 2.41 bits per heavy atom. The third-order valence-electron chi connectivity index (χ3n) is 12.9. The Kier molecular flexibility index (Phi) is 9.51. The summed E-state index contributed by atoms with van der Waals surface area (Å²) in [5, 5.41) is 40.4. The smallest absolute Gasteiger partial charge is 0.186 e. The van der Waals surface area contributed by atoms with Crippen LogP contribution in [0.2, 0.25) is 0 Å². The van der Waals surface area contributed by atoms with E-state index in [2.05, 4.69) is 59.8 Å². The van der Waals surface area contributed by atoms with Gasteiger partial charge in [0.2, 0.25) is 0 Å². The van der Waals surface area contributed by atoms with E-state index in [0.29, 0.717) is 29.1 Å². The maximum absolute atomic E-state index is 10.5. The SMILES string of the molecule is CC[C@H](/C=C\[C@H](C)[C@H]1CC[C@@H]2[C@H]3CC=C4C[C@@H](O[C@@H]5O[C@H](CO)[C@@H](O)[C@H](O)[C@H]5O)CC[C@]4(C)[C@@H]3CC[C@@]21C)C(C)C. The minimum Gasteiger partial charge on any atom is -0.394 e. The lowest BCUT2D eigenvalue weighted by molar-refractivity contribution is -0.313. The summed E-state index contributed by atoms with van der Waals surface area (Å²) in [6.45, 7) is 14.2. The lowest BCUT2D eigenvalue weighted by Gasteiger charge is -2.58. The average molecular weight is 575 g/mol. The molecule has 0 aromatic heterocycles. The maximum atomic E-state index is 10.5. The molecule has 14 atom stereocenters. The molecule has 0 spiro atoms. The van der Waals surface area contributed by atoms with Crippen molar-refractivity contribution in [3.63, 3.8) is 0 Å². The van der Waals surface area contributed by atoms with E-state index in [4.69, 9.17) is 9.47 Å². The third kappa shape index (κ3) is 5.64. The van der Waals surface area contributed by atoms with Gasteiger partial charge in [0, 0.05) is 0 Å². The summed E-state index contributed by atoms with van der Waals surface area (Å²) in [6.07, 6.45) is 11.9. The lowest BCUT2D eigenvalue weighted by atomic mass is 9.47. The van der Waals surface area contributed by atoms with Gasteiger partial charge in [-0.05, 0) is 110 Å². The molecule has 234 valence electrons. The van der Waals surface area contributed by atoms with E-state index in [9.17, 15) is 20.4 Å². The van der Waals surface area contributed by atoms with Gasteiger partial charge < -0.3 is 29.9 Å². The van der Waals surface area contributed by atoms with Crippen molar-refractivity contribution in [2.75, 3.05) is 6.61 Å². The zero-order valence-electron chi connectivity index (χ0n) is 26.4. The summed E-state index contributed by atoms with van der Waals surface area (Å²) in [5.74, 6) is 5.05. The summed E-state index contributed by atoms with van der Waals surface area (Å²) in [5.41, 5.74) is 2.11. The molecule has 0 amide bonds. The first kappa shape index (κ1) is 31.7. The number of ether oxygens (including phenoxy) is 2. The number of hydrogen-bond donors (Lipinski definition) is 4. The molecule has 4 fully saturated rings. The summed E-state index contributed by atoms with van der Waals surface area (Å²) in [6, 6.07) is 0. The Labute approximate surface area is 248 Å². The molecule has 0 unspecified atom stereocenters. The number of allylic oxidation sites excluding steroid dienone is 3. The van der Waals surface area contributed by atoms with Gasteiger partial charge in [-0.1, -0.05) is 65.3 Å². The fourth-order valence-electron chi connectivity index (χ4n) is 10.3. The van der Waals surface area contributed by atoms with Crippen LogP contribution in [-0.4, -0.2) is 63.8 Å². The first-order valence-corrected chi connectivity index (χ1v) is 16.8. The highest BCUT2D eigenvalue weighted by atomic mass is 16.7. The molecule has 1 aliphatic heterocycles. The molecular weight excluding hydrogens is 516 g/mol. The van der Waals surface area contributed by atoms with Crippen LogP contribution in [0.4, 0.5) is 0 Å². The predicted molar refractivity (Wildman–Crippen MR) is 161 cm³/mol. The Bertz CT molecular complexity index is 960. The summed E-state index contributed by atoms with van der Waals surface area (Å²) in [4.78, 5) is 0. The van der Waals surface area contributed by atoms with E-state index >= 15 is 0 Å². The highest BCUT2D eigenvalue weighted by Gasteiger charge is 2.59. The van der Waals surface area contributed by atoms with Crippen LogP contribution in [0.15, 0.2) is 23.8 Å². The van der Waals surface area contributed by atoms with Crippen molar-refractivity contribution in [3.05, 3.63) is 23.8 Å². The summed E-state index contributed by atoms with van der Waals surface area (Å²) in [7, 11) is 0. The number of aliphatic hydroxyl groups is 4. The van der Waals surface area contributed by atoms with Crippen LogP contribution in [0, 0.1) is 52.3 Å². The van der Waals surface area contributed by atoms with Crippen molar-refractivity contribution in [1.82, 2.24) is 0 Å². The highest BCUT2D eigenvalue weighted by molar-refractivity contribution is 5.25. The van der Waals surface area contributed by atoms with Crippen LogP contribution in [0.3, 0.4) is 0 Å². The maximum Gasteiger partial charge on any atom is 0.186 e. The van der Waals surface area contributed by atoms with Crippen molar-refractivity contribution in [2.45, 2.75) is 136 Å². The quantitative estimate of drug-likeness (QED) is 0.281. The zero-order valence-corrected chi connectivity index (χ0v) is 26.4. The average Bonchev–Trinajstić information content (AvgIpc) is 3.30. The summed E-state index contributed by atoms with van der Waals surface area (Å²) >= 11 is 0. The van der Waals surface area contributed by atoms with Crippen molar-refractivity contribution in [1.29, 1.82) is 0 Å². The van der Waals surface area contributed by atoms with Gasteiger partial charge in [0.1, 0.15) is 24.4 Å². The standard InChI is InChI=1S/C35H58O6/c1-7-22(20(2)3)9-8-21(4)26-12-13-27-25-11-10-23-18-24(14-16-34(23,5)28(25)15-17-35(26,27)6)40-33-32(39)31(38)30(37)29(19-36)41-33/h8-10,20-22,24-33,36-39H,7,11-19H2,1-6H3/b9-8-/t21-,22+,24-,25+,26+,27+,28+,29+,30+,31-,32+,33+,34-,35+/m0/s1. The molecule has 6 nitrogen and oxygen atoms in total. The van der Waals surface area contributed by atoms with Crippen LogP contribution in [0.1, 0.15) is 99.3 Å². The minimum absolute atomic E-state index is 0.109. The highest BCUT2D eigenvalue weighted by Crippen LogP contribution is 2.67. The van der Waals surface area contributed by atoms with E-state index in [1.54, 1.807) is 0 Å². The molecule has 1 saturated heterocycles. The van der Waals surface area contributed by atoms with E-state index in [0.717, 1.165) is 43.4 Å². The molecule has 4 aliphatic carbocycles. The van der Waals surface area contributed by atoms with Crippen LogP contribution >= 0.6 is 0 Å². The first-order chi connectivity index (χ1) is 19.4. The second-order valence-electron chi connectivity index (χ2n) is 15.2. The predicted octanol–water partition coefficient (Wildman–Crippen LogP) is 5.63. The Hall–Kier alpha value is -0.760. The number of rotatable bonds is 8. The summed E-state index contributed by atoms with van der Waals surface area (Å²) < 4.78 is 11.9. The Morgan fingerprint density at radius 1 is 0.976 bits per heavy atom. The minimum atomic E-state index is -1.40. The molecule has 0 aromatic rings. The topological polar surface area (TPSA) is 99.4 Å². The normalized spacial score (nSPS) is 47.9. The lowest BCUT2D eigenvalue weighted by Crippen LogP contribution is -2.60. The van der Waals surface area contributed by atoms with E-state index in [-0.39, 0.29) is 11.5 Å². The second-order valence-corrected chi connectivity index (χ2v) is 15.2. The molecule has 5 aliphatic rings. The Morgan fingerprint density at radius 2 is 1.73 bits per heavy atom. The van der Waals surface area contributed by atoms with Gasteiger partial charge in [-0.2, -0.15) is 0 Å². The largest absolute Gasteiger partial charge is 0.394 e. The van der Waals surface area contributed by atoms with Gasteiger partial charge in [0.05, 0.1) is 12.7 Å². The number of aliphatic hydroxyl groups excluding tert-OH is 4. The molecular formula is C35H58O6. The fourth-order valence-corrected chi connectivity index (χ4v) is 10.3. The molecule has 5 rings (SSSR count). The van der Waals surface area contributed by atoms with Gasteiger partial charge in [0.15, 0.2) is 6.29 Å². The van der Waals surface area contributed by atoms with Crippen molar-refractivity contribution >= 4 is 0 Å². The molecule has 3 saturated carbocycles. The van der Waals surface area contributed by atoms with Gasteiger partial charge in [-0.15, -0.1) is 0 Å². The van der Waals surface area contributed by atoms with E-state index in [1.165, 1.54) is 37.7 Å². The van der Waals surface area contributed by atoms with Crippen molar-refractivity contribution < 1.29 is 29.9 Å². The second kappa shape index (κ2) is 12.3. The van der Waals surface area contributed by atoms with Gasteiger partial charge in [-0.3, -0.25) is 0 Å². The van der Waals surface area contributed by atoms with E-state index < -0.39 is 37.3 Å². The van der Waals surface area contributed by atoms with Crippen molar-refractivity contribution in [3.8, 4) is 0 Å². The molecule has 4 N–H and O–H groups in total. The molecule has 41 heavy (non-hydrogen) atoms. The molecule has 0 aromatic carbocycles. The van der Waals surface area contributed by atoms with Crippen LogP contribution < -0.4 is 0 Å². The zero-order chi connectivity index (χ0) is 29.7. The number of fused-ring (bicyclic) bond motifs is 5. The van der Waals surface area contributed by atoms with Gasteiger partial charge in [0.25, 0.3) is 0 Å². The van der Waals surface area contributed by atoms with Crippen molar-refractivity contribution in [2.24, 2.45) is 52.3 Å². The first-order valence-electron chi connectivity index (χ1n) is 16.8. The van der Waals surface area contributed by atoms with Crippen LogP contribution in [-0.2, 0) is 9.47 Å². The Balaban J connectivity index is 1.26. The molecule has 0 radical (unpaired) electrons. The molecule has 1 heterocycles. The van der Waals surface area contributed by atoms with Crippen LogP contribution in [0.5, 0.6) is 0 Å². The van der Waals surface area contributed by atoms with Gasteiger partial charge in [-0.25, -0.2) is 0 Å².